The van der Waals surface area contributed by atoms with E-state index in [0.29, 0.717) is 31.6 Å². The molecule has 8 heteroatoms. The van der Waals surface area contributed by atoms with Gasteiger partial charge in [0.1, 0.15) is 5.75 Å². The van der Waals surface area contributed by atoms with Crippen molar-refractivity contribution in [1.82, 2.24) is 4.90 Å². The Bertz CT molecular complexity index is 482. The normalized spacial score (nSPS) is 16.6. The number of ether oxygens (including phenoxy) is 1. The molecule has 1 fully saturated rings. The first-order valence-corrected chi connectivity index (χ1v) is 6.44. The van der Waals surface area contributed by atoms with Gasteiger partial charge in [-0.15, -0.1) is 13.2 Å². The molecule has 1 aliphatic heterocycles. The first kappa shape index (κ1) is 15.3. The van der Waals surface area contributed by atoms with E-state index in [1.807, 2.05) is 0 Å². The van der Waals surface area contributed by atoms with Crippen molar-refractivity contribution in [2.75, 3.05) is 18.4 Å². The van der Waals surface area contributed by atoms with Crippen LogP contribution in [-0.4, -0.2) is 41.6 Å². The Balaban J connectivity index is 1.85. The molecular weight excluding hydrogens is 289 g/mol. The molecule has 1 amide bonds. The van der Waals surface area contributed by atoms with Gasteiger partial charge in [-0.25, -0.2) is 4.79 Å². The van der Waals surface area contributed by atoms with Crippen LogP contribution in [-0.2, 0) is 0 Å². The highest BCUT2D eigenvalue weighted by molar-refractivity contribution is 5.65. The molecule has 0 saturated carbocycles. The minimum absolute atomic E-state index is 0.106. The van der Waals surface area contributed by atoms with Gasteiger partial charge in [-0.2, -0.15) is 0 Å². The van der Waals surface area contributed by atoms with Crippen LogP contribution in [0.3, 0.4) is 0 Å². The van der Waals surface area contributed by atoms with E-state index in [-0.39, 0.29) is 11.8 Å². The fraction of sp³-hybridized carbons (Fsp3) is 0.462. The van der Waals surface area contributed by atoms with Gasteiger partial charge in [0.05, 0.1) is 0 Å². The number of nitrogens with one attached hydrogen (secondary N) is 1. The van der Waals surface area contributed by atoms with Gasteiger partial charge in [0.2, 0.25) is 0 Å². The summed E-state index contributed by atoms with van der Waals surface area (Å²) >= 11 is 0. The molecule has 0 spiro atoms. The second-order valence-electron chi connectivity index (χ2n) is 4.76. The van der Waals surface area contributed by atoms with Crippen LogP contribution in [0.2, 0.25) is 0 Å². The Hall–Kier alpha value is -2.12. The molecule has 0 aromatic heterocycles. The van der Waals surface area contributed by atoms with E-state index < -0.39 is 12.5 Å². The summed E-state index contributed by atoms with van der Waals surface area (Å²) in [5.74, 6) is -0.270. The van der Waals surface area contributed by atoms with Crippen LogP contribution in [0.25, 0.3) is 0 Å². The van der Waals surface area contributed by atoms with E-state index in [1.54, 1.807) is 0 Å². The summed E-state index contributed by atoms with van der Waals surface area (Å²) in [7, 11) is 0. The molecule has 2 N–H and O–H groups in total. The van der Waals surface area contributed by atoms with Gasteiger partial charge in [-0.1, -0.05) is 0 Å². The van der Waals surface area contributed by atoms with Crippen LogP contribution in [0.15, 0.2) is 24.3 Å². The topological polar surface area (TPSA) is 61.8 Å². The molecule has 0 radical (unpaired) electrons. The Morgan fingerprint density at radius 2 is 1.81 bits per heavy atom. The number of benzene rings is 1. The number of rotatable bonds is 3. The lowest BCUT2D eigenvalue weighted by Crippen LogP contribution is -2.41. The van der Waals surface area contributed by atoms with Crippen molar-refractivity contribution < 1.29 is 27.8 Å². The maximum atomic E-state index is 12.0. The first-order valence-electron chi connectivity index (χ1n) is 6.44. The van der Waals surface area contributed by atoms with Crippen LogP contribution in [0, 0.1) is 0 Å². The predicted molar refractivity (Wildman–Crippen MR) is 69.4 cm³/mol. The van der Waals surface area contributed by atoms with Crippen molar-refractivity contribution in [3.8, 4) is 5.75 Å². The molecule has 0 aliphatic carbocycles. The summed E-state index contributed by atoms with van der Waals surface area (Å²) in [6.07, 6.45) is -4.30. The van der Waals surface area contributed by atoms with Gasteiger partial charge in [-0.05, 0) is 37.1 Å². The highest BCUT2D eigenvalue weighted by Gasteiger charge is 2.31. The average molecular weight is 304 g/mol. The molecule has 0 bridgehead atoms. The predicted octanol–water partition coefficient (Wildman–Crippen LogP) is 3.14. The first-order chi connectivity index (χ1) is 9.83. The number of likely N-dealkylation sites (tertiary alicyclic amines) is 1. The number of nitrogens with zero attached hydrogens (tertiary/aromatic N) is 1. The van der Waals surface area contributed by atoms with Crippen LogP contribution >= 0.6 is 0 Å². The number of piperidine rings is 1. The van der Waals surface area contributed by atoms with Gasteiger partial charge in [-0.3, -0.25) is 0 Å². The molecule has 1 aliphatic rings. The number of halogens is 3. The minimum Gasteiger partial charge on any atom is -0.465 e. The maximum Gasteiger partial charge on any atom is 0.573 e. The van der Waals surface area contributed by atoms with Crippen molar-refractivity contribution in [2.24, 2.45) is 0 Å². The highest BCUT2D eigenvalue weighted by Crippen LogP contribution is 2.25. The van der Waals surface area contributed by atoms with Crippen molar-refractivity contribution in [1.29, 1.82) is 0 Å². The van der Waals surface area contributed by atoms with Crippen molar-refractivity contribution in [3.63, 3.8) is 0 Å². The molecule has 116 valence electrons. The number of carbonyl (C=O) groups is 1. The number of amides is 1. The quantitative estimate of drug-likeness (QED) is 0.900. The molecule has 1 aromatic carbocycles. The lowest BCUT2D eigenvalue weighted by molar-refractivity contribution is -0.274. The molecule has 5 nitrogen and oxygen atoms in total. The Labute approximate surface area is 119 Å². The molecule has 1 saturated heterocycles. The highest BCUT2D eigenvalue weighted by atomic mass is 19.4. The number of anilines is 1. The number of hydrogen-bond donors (Lipinski definition) is 2. The molecule has 2 rings (SSSR count). The summed E-state index contributed by atoms with van der Waals surface area (Å²) in [6.45, 7) is 0.893. The SMILES string of the molecule is O=C(O)N1CCC(Nc2ccc(OC(F)(F)F)cc2)CC1. The van der Waals surface area contributed by atoms with Gasteiger partial charge in [0.15, 0.2) is 0 Å². The Kier molecular flexibility index (Phi) is 4.44. The van der Waals surface area contributed by atoms with E-state index >= 15 is 0 Å². The van der Waals surface area contributed by atoms with Crippen LogP contribution in [0.5, 0.6) is 5.75 Å². The number of hydrogen-bond acceptors (Lipinski definition) is 3. The second kappa shape index (κ2) is 6.11. The molecule has 1 heterocycles. The largest absolute Gasteiger partial charge is 0.573 e. The van der Waals surface area contributed by atoms with Gasteiger partial charge in [0, 0.05) is 24.8 Å². The minimum atomic E-state index is -4.70. The van der Waals surface area contributed by atoms with Crippen LogP contribution in [0.1, 0.15) is 12.8 Å². The molecule has 21 heavy (non-hydrogen) atoms. The Morgan fingerprint density at radius 3 is 2.29 bits per heavy atom. The van der Waals surface area contributed by atoms with Gasteiger partial charge in [0.25, 0.3) is 0 Å². The smallest absolute Gasteiger partial charge is 0.465 e. The lowest BCUT2D eigenvalue weighted by atomic mass is 10.1. The molecule has 0 unspecified atom stereocenters. The van der Waals surface area contributed by atoms with Crippen LogP contribution in [0.4, 0.5) is 23.7 Å². The van der Waals surface area contributed by atoms with Crippen molar-refractivity contribution >= 4 is 11.8 Å². The summed E-state index contributed by atoms with van der Waals surface area (Å²) in [5.41, 5.74) is 0.679. The van der Waals surface area contributed by atoms with Crippen molar-refractivity contribution in [2.45, 2.75) is 25.2 Å². The third-order valence-electron chi connectivity index (χ3n) is 3.22. The zero-order chi connectivity index (χ0) is 15.5. The summed E-state index contributed by atoms with van der Waals surface area (Å²) < 4.78 is 39.9. The number of carboxylic acid groups (broad SMARTS) is 1. The third-order valence-corrected chi connectivity index (χ3v) is 3.22. The Morgan fingerprint density at radius 1 is 1.24 bits per heavy atom. The lowest BCUT2D eigenvalue weighted by Gasteiger charge is -2.31. The average Bonchev–Trinajstić information content (AvgIpc) is 2.40. The third kappa shape index (κ3) is 4.73. The zero-order valence-electron chi connectivity index (χ0n) is 11.1. The van der Waals surface area contributed by atoms with E-state index in [0.717, 1.165) is 0 Å². The fourth-order valence-corrected chi connectivity index (χ4v) is 2.20. The zero-order valence-corrected chi connectivity index (χ0v) is 11.1. The fourth-order valence-electron chi connectivity index (χ4n) is 2.20. The maximum absolute atomic E-state index is 12.0. The van der Waals surface area contributed by atoms with Crippen LogP contribution < -0.4 is 10.1 Å². The summed E-state index contributed by atoms with van der Waals surface area (Å²) in [5, 5.41) is 12.0. The van der Waals surface area contributed by atoms with Gasteiger partial charge >= 0.3 is 12.5 Å². The molecular formula is C13H15F3N2O3. The van der Waals surface area contributed by atoms with E-state index in [1.165, 1.54) is 29.2 Å². The number of alkyl halides is 3. The summed E-state index contributed by atoms with van der Waals surface area (Å²) in [4.78, 5) is 12.1. The van der Waals surface area contributed by atoms with E-state index in [2.05, 4.69) is 10.1 Å². The van der Waals surface area contributed by atoms with Gasteiger partial charge < -0.3 is 20.1 Å². The molecule has 1 aromatic rings. The summed E-state index contributed by atoms with van der Waals surface area (Å²) in [6, 6.07) is 5.59. The van der Waals surface area contributed by atoms with E-state index in [9.17, 15) is 18.0 Å². The monoisotopic (exact) mass is 304 g/mol. The second-order valence-corrected chi connectivity index (χ2v) is 4.76. The molecule has 0 atom stereocenters. The standard InChI is InChI=1S/C13H15F3N2O3/c14-13(15,16)21-11-3-1-9(2-4-11)17-10-5-7-18(8-6-10)12(19)20/h1-4,10,17H,5-8H2,(H,19,20). The van der Waals surface area contributed by atoms with E-state index in [4.69, 9.17) is 5.11 Å². The van der Waals surface area contributed by atoms with Crippen molar-refractivity contribution in [3.05, 3.63) is 24.3 Å².